The van der Waals surface area contributed by atoms with E-state index in [1.165, 1.54) is 11.0 Å². The molecule has 2 unspecified atom stereocenters. The Morgan fingerprint density at radius 1 is 1.05 bits per heavy atom. The van der Waals surface area contributed by atoms with E-state index in [0.717, 1.165) is 5.56 Å². The minimum atomic E-state index is -2.52. The molecular formula is C27H31F2N3O5. The number of hydrogen-bond donors (Lipinski definition) is 3. The Morgan fingerprint density at radius 2 is 1.68 bits per heavy atom. The summed E-state index contributed by atoms with van der Waals surface area (Å²) < 4.78 is 30.8. The first-order valence-electron chi connectivity index (χ1n) is 11.8. The molecule has 0 bridgehead atoms. The maximum Gasteiger partial charge on any atom is 0.412 e. The quantitative estimate of drug-likeness (QED) is 0.425. The lowest BCUT2D eigenvalue weighted by atomic mass is 9.88. The third-order valence-electron chi connectivity index (χ3n) is 5.72. The summed E-state index contributed by atoms with van der Waals surface area (Å²) in [5.41, 5.74) is 1.56. The zero-order chi connectivity index (χ0) is 27.2. The number of para-hydroxylation sites is 2. The Morgan fingerprint density at radius 3 is 2.24 bits per heavy atom. The molecule has 1 aliphatic rings. The molecule has 1 aliphatic heterocycles. The molecule has 3 rings (SSSR count). The largest absolute Gasteiger partial charge is 0.481 e. The van der Waals surface area contributed by atoms with Crippen LogP contribution in [0.1, 0.15) is 37.8 Å². The van der Waals surface area contributed by atoms with Crippen LogP contribution in [0.5, 0.6) is 0 Å². The lowest BCUT2D eigenvalue weighted by Crippen LogP contribution is -2.27. The van der Waals surface area contributed by atoms with Gasteiger partial charge in [-0.2, -0.15) is 0 Å². The van der Waals surface area contributed by atoms with Gasteiger partial charge in [-0.3, -0.25) is 19.8 Å². The minimum absolute atomic E-state index is 0.0798. The molecule has 3 N–H and O–H groups in total. The van der Waals surface area contributed by atoms with Gasteiger partial charge in [-0.25, -0.2) is 13.6 Å². The number of rotatable bonds is 8. The fourth-order valence-corrected chi connectivity index (χ4v) is 4.13. The lowest BCUT2D eigenvalue weighted by molar-refractivity contribution is -0.141. The molecule has 0 spiro atoms. The van der Waals surface area contributed by atoms with Gasteiger partial charge in [0.2, 0.25) is 5.91 Å². The molecule has 0 saturated carbocycles. The second kappa shape index (κ2) is 12.0. The molecule has 8 nitrogen and oxygen atoms in total. The van der Waals surface area contributed by atoms with Crippen LogP contribution in [0.2, 0.25) is 0 Å². The van der Waals surface area contributed by atoms with Crippen LogP contribution in [0.3, 0.4) is 0 Å². The molecule has 37 heavy (non-hydrogen) atoms. The van der Waals surface area contributed by atoms with Crippen LogP contribution in [0.15, 0.2) is 54.6 Å². The van der Waals surface area contributed by atoms with Gasteiger partial charge in [-0.05, 0) is 50.1 Å². The number of nitrogens with zero attached hydrogens (tertiary/aromatic N) is 1. The molecular weight excluding hydrogens is 484 g/mol. The number of carbonyl (C=O) groups excluding carboxylic acids is 2. The molecule has 1 saturated heterocycles. The highest BCUT2D eigenvalue weighted by Gasteiger charge is 2.39. The molecule has 2 aromatic carbocycles. The fraction of sp³-hybridized carbons (Fsp3) is 0.370. The molecule has 0 aromatic heterocycles. The molecule has 0 aliphatic carbocycles. The van der Waals surface area contributed by atoms with Crippen molar-refractivity contribution >= 4 is 35.4 Å². The third kappa shape index (κ3) is 8.38. The summed E-state index contributed by atoms with van der Waals surface area (Å²) >= 11 is 0. The second-order valence-electron chi connectivity index (χ2n) is 9.82. The monoisotopic (exact) mass is 515 g/mol. The van der Waals surface area contributed by atoms with E-state index in [2.05, 4.69) is 10.6 Å². The standard InChI is InChI=1S/C27H31F2N3O5/c1-27(2,3)37-26(36)31-22-7-5-4-6-21(22)30-24(33)13-10-17-8-11-18(12-9-17)19-14-32(16-23(28)29)15-20(19)25(34)35/h4-13,19-20,23H,14-16H2,1-3H3,(H,30,33)(H,31,36)(H,34,35). The van der Waals surface area contributed by atoms with Crippen LogP contribution in [-0.2, 0) is 14.3 Å². The summed E-state index contributed by atoms with van der Waals surface area (Å²) in [4.78, 5) is 37.7. The first-order valence-corrected chi connectivity index (χ1v) is 11.8. The van der Waals surface area contributed by atoms with Crippen molar-refractivity contribution in [2.45, 2.75) is 38.7 Å². The normalized spacial score (nSPS) is 18.2. The van der Waals surface area contributed by atoms with Gasteiger partial charge in [0.1, 0.15) is 5.60 Å². The van der Waals surface area contributed by atoms with Crippen LogP contribution in [-0.4, -0.2) is 59.6 Å². The Hall–Kier alpha value is -3.79. The summed E-state index contributed by atoms with van der Waals surface area (Å²) in [5.74, 6) is -2.59. The maximum atomic E-state index is 12.8. The van der Waals surface area contributed by atoms with Crippen LogP contribution < -0.4 is 10.6 Å². The number of alkyl halides is 2. The van der Waals surface area contributed by atoms with Gasteiger partial charge in [0, 0.05) is 25.1 Å². The summed E-state index contributed by atoms with van der Waals surface area (Å²) in [6, 6.07) is 13.7. The van der Waals surface area contributed by atoms with Gasteiger partial charge in [-0.15, -0.1) is 0 Å². The number of hydrogen-bond acceptors (Lipinski definition) is 5. The van der Waals surface area contributed by atoms with E-state index < -0.39 is 48.4 Å². The number of halogens is 2. The maximum absolute atomic E-state index is 12.8. The number of amides is 2. The van der Waals surface area contributed by atoms with Gasteiger partial charge in [0.15, 0.2) is 0 Å². The van der Waals surface area contributed by atoms with E-state index in [-0.39, 0.29) is 13.1 Å². The molecule has 1 heterocycles. The van der Waals surface area contributed by atoms with Crippen LogP contribution in [0.4, 0.5) is 25.0 Å². The number of carbonyl (C=O) groups is 3. The van der Waals surface area contributed by atoms with Gasteiger partial charge >= 0.3 is 12.1 Å². The highest BCUT2D eigenvalue weighted by Crippen LogP contribution is 2.33. The summed E-state index contributed by atoms with van der Waals surface area (Å²) in [6.45, 7) is 5.12. The Kier molecular flexibility index (Phi) is 8.99. The van der Waals surface area contributed by atoms with Crippen LogP contribution >= 0.6 is 0 Å². The van der Waals surface area contributed by atoms with Crippen molar-refractivity contribution in [2.75, 3.05) is 30.3 Å². The number of ether oxygens (including phenoxy) is 1. The number of benzene rings is 2. The van der Waals surface area contributed by atoms with Crippen molar-refractivity contribution in [3.8, 4) is 0 Å². The summed E-state index contributed by atoms with van der Waals surface area (Å²) in [5, 5.41) is 14.9. The number of carboxylic acids is 1. The molecule has 0 radical (unpaired) electrons. The van der Waals surface area contributed by atoms with Crippen LogP contribution in [0.25, 0.3) is 6.08 Å². The zero-order valence-electron chi connectivity index (χ0n) is 20.9. The average molecular weight is 516 g/mol. The first-order chi connectivity index (χ1) is 17.4. The van der Waals surface area contributed by atoms with Crippen molar-refractivity contribution in [2.24, 2.45) is 5.92 Å². The molecule has 2 amide bonds. The Bertz CT molecular complexity index is 1150. The van der Waals surface area contributed by atoms with Crippen molar-refractivity contribution in [1.82, 2.24) is 4.90 Å². The summed E-state index contributed by atoms with van der Waals surface area (Å²) in [7, 11) is 0. The Balaban J connectivity index is 1.63. The van der Waals surface area contributed by atoms with Gasteiger partial charge in [0.05, 0.1) is 23.8 Å². The highest BCUT2D eigenvalue weighted by molar-refractivity contribution is 6.05. The van der Waals surface area contributed by atoms with Crippen LogP contribution in [0, 0.1) is 5.92 Å². The predicted molar refractivity (Wildman–Crippen MR) is 137 cm³/mol. The Labute approximate surface area is 214 Å². The average Bonchev–Trinajstić information content (AvgIpc) is 3.21. The number of anilines is 2. The molecule has 198 valence electrons. The van der Waals surface area contributed by atoms with E-state index in [9.17, 15) is 28.3 Å². The van der Waals surface area contributed by atoms with Gasteiger partial charge < -0.3 is 15.2 Å². The number of likely N-dealkylation sites (tertiary alicyclic amines) is 1. The third-order valence-corrected chi connectivity index (χ3v) is 5.72. The lowest BCUT2D eigenvalue weighted by Gasteiger charge is -2.20. The molecule has 2 atom stereocenters. The van der Waals surface area contributed by atoms with E-state index in [1.54, 1.807) is 75.4 Å². The molecule has 10 heteroatoms. The first kappa shape index (κ1) is 27.8. The summed E-state index contributed by atoms with van der Waals surface area (Å²) in [6.07, 6.45) is -0.240. The highest BCUT2D eigenvalue weighted by atomic mass is 19.3. The van der Waals surface area contributed by atoms with Crippen molar-refractivity contribution in [1.29, 1.82) is 0 Å². The van der Waals surface area contributed by atoms with Gasteiger partial charge in [-0.1, -0.05) is 36.4 Å². The van der Waals surface area contributed by atoms with E-state index >= 15 is 0 Å². The van der Waals surface area contributed by atoms with Gasteiger partial charge in [0.25, 0.3) is 6.43 Å². The van der Waals surface area contributed by atoms with Crippen molar-refractivity contribution in [3.63, 3.8) is 0 Å². The van der Waals surface area contributed by atoms with E-state index in [0.29, 0.717) is 16.9 Å². The number of carboxylic acid groups (broad SMARTS) is 1. The minimum Gasteiger partial charge on any atom is -0.481 e. The zero-order valence-corrected chi connectivity index (χ0v) is 20.9. The number of aliphatic carboxylic acids is 1. The molecule has 1 fully saturated rings. The SMILES string of the molecule is CC(C)(C)OC(=O)Nc1ccccc1NC(=O)C=Cc1ccc(C2CN(CC(F)F)CC2C(=O)O)cc1. The second-order valence-corrected chi connectivity index (χ2v) is 9.82. The number of nitrogens with one attached hydrogen (secondary N) is 2. The van der Waals surface area contributed by atoms with Crippen molar-refractivity contribution < 1.29 is 33.0 Å². The van der Waals surface area contributed by atoms with Crippen molar-refractivity contribution in [3.05, 3.63) is 65.7 Å². The van der Waals surface area contributed by atoms with E-state index in [4.69, 9.17) is 4.74 Å². The fourth-order valence-electron chi connectivity index (χ4n) is 4.13. The topological polar surface area (TPSA) is 108 Å². The smallest absolute Gasteiger partial charge is 0.412 e. The van der Waals surface area contributed by atoms with E-state index in [1.807, 2.05) is 0 Å². The molecule has 2 aromatic rings. The predicted octanol–water partition coefficient (Wildman–Crippen LogP) is 5.05.